The number of ketones is 1. The molecule has 1 amide bonds. The van der Waals surface area contributed by atoms with Gasteiger partial charge in [0, 0.05) is 32.1 Å². The quantitative estimate of drug-likeness (QED) is 0.676. The van der Waals surface area contributed by atoms with Crippen molar-refractivity contribution < 1.29 is 9.59 Å². The van der Waals surface area contributed by atoms with Crippen LogP contribution in [0.25, 0.3) is 0 Å². The number of amides is 1. The van der Waals surface area contributed by atoms with E-state index in [1.807, 2.05) is 50.2 Å². The van der Waals surface area contributed by atoms with Crippen LogP contribution in [-0.4, -0.2) is 48.8 Å². The van der Waals surface area contributed by atoms with Gasteiger partial charge in [-0.05, 0) is 55.3 Å². The van der Waals surface area contributed by atoms with E-state index in [0.717, 1.165) is 54.9 Å². The average Bonchev–Trinajstić information content (AvgIpc) is 3.32. The van der Waals surface area contributed by atoms with E-state index in [9.17, 15) is 9.59 Å². The SMILES string of the molecule is CC(=O)NC(CCN1CC2CNC[C@H]2[C@H]1C(=O)c1c(C)cccc1C)c1ccccc1. The molecule has 0 bridgehead atoms. The van der Waals surface area contributed by atoms with Crippen LogP contribution in [-0.2, 0) is 4.79 Å². The van der Waals surface area contributed by atoms with Gasteiger partial charge in [-0.25, -0.2) is 0 Å². The molecule has 31 heavy (non-hydrogen) atoms. The molecule has 2 saturated heterocycles. The third kappa shape index (κ3) is 4.58. The van der Waals surface area contributed by atoms with E-state index in [-0.39, 0.29) is 23.8 Å². The van der Waals surface area contributed by atoms with Crippen molar-refractivity contribution in [1.82, 2.24) is 15.5 Å². The highest BCUT2D eigenvalue weighted by Crippen LogP contribution is 2.36. The Balaban J connectivity index is 1.56. The van der Waals surface area contributed by atoms with Crippen LogP contribution in [0.2, 0.25) is 0 Å². The fraction of sp³-hybridized carbons (Fsp3) is 0.462. The Morgan fingerprint density at radius 1 is 1.06 bits per heavy atom. The van der Waals surface area contributed by atoms with Crippen LogP contribution in [0.5, 0.6) is 0 Å². The lowest BCUT2D eigenvalue weighted by atomic mass is 9.86. The van der Waals surface area contributed by atoms with Crippen LogP contribution in [0, 0.1) is 25.7 Å². The zero-order valence-corrected chi connectivity index (χ0v) is 18.7. The fourth-order valence-corrected chi connectivity index (χ4v) is 5.50. The van der Waals surface area contributed by atoms with Crippen molar-refractivity contribution in [2.24, 2.45) is 11.8 Å². The Bertz CT molecular complexity index is 923. The lowest BCUT2D eigenvalue weighted by Crippen LogP contribution is -2.43. The first-order valence-electron chi connectivity index (χ1n) is 11.3. The number of fused-ring (bicyclic) bond motifs is 1. The summed E-state index contributed by atoms with van der Waals surface area (Å²) in [5.74, 6) is 1.08. The first-order valence-corrected chi connectivity index (χ1v) is 11.3. The Kier molecular flexibility index (Phi) is 6.54. The van der Waals surface area contributed by atoms with Gasteiger partial charge in [0.05, 0.1) is 12.1 Å². The second-order valence-electron chi connectivity index (χ2n) is 9.11. The van der Waals surface area contributed by atoms with E-state index in [0.29, 0.717) is 11.8 Å². The maximum absolute atomic E-state index is 13.8. The number of benzene rings is 2. The van der Waals surface area contributed by atoms with Gasteiger partial charge in [0.15, 0.2) is 5.78 Å². The van der Waals surface area contributed by atoms with Crippen molar-refractivity contribution in [3.8, 4) is 0 Å². The number of carbonyl (C=O) groups excluding carboxylic acids is 2. The summed E-state index contributed by atoms with van der Waals surface area (Å²) >= 11 is 0. The molecule has 0 aliphatic carbocycles. The largest absolute Gasteiger partial charge is 0.349 e. The minimum absolute atomic E-state index is 0.0282. The summed E-state index contributed by atoms with van der Waals surface area (Å²) in [7, 11) is 0. The number of likely N-dealkylation sites (tertiary alicyclic amines) is 1. The number of Topliss-reactive ketones (excluding diaryl/α,β-unsaturated/α-hetero) is 1. The van der Waals surface area contributed by atoms with Crippen LogP contribution in [0.3, 0.4) is 0 Å². The Hall–Kier alpha value is -2.50. The molecule has 2 aromatic rings. The number of rotatable bonds is 7. The summed E-state index contributed by atoms with van der Waals surface area (Å²) in [6.45, 7) is 9.23. The Labute approximate surface area is 185 Å². The highest BCUT2D eigenvalue weighted by atomic mass is 16.1. The standard InChI is InChI=1S/C26H33N3O2/c1-17-8-7-9-18(2)24(17)26(31)25-22-15-27-14-21(22)16-29(25)13-12-23(28-19(3)30)20-10-5-4-6-11-20/h4-11,21-23,25,27H,12-16H2,1-3H3,(H,28,30)/t21?,22-,23?,25+/m1/s1. The summed E-state index contributed by atoms with van der Waals surface area (Å²) in [6, 6.07) is 16.0. The van der Waals surface area contributed by atoms with E-state index in [2.05, 4.69) is 27.7 Å². The summed E-state index contributed by atoms with van der Waals surface area (Å²) in [4.78, 5) is 28.0. The van der Waals surface area contributed by atoms with Crippen molar-refractivity contribution in [3.05, 3.63) is 70.8 Å². The molecule has 0 spiro atoms. The van der Waals surface area contributed by atoms with Crippen molar-refractivity contribution >= 4 is 11.7 Å². The lowest BCUT2D eigenvalue weighted by molar-refractivity contribution is -0.119. The average molecular weight is 420 g/mol. The zero-order valence-electron chi connectivity index (χ0n) is 18.7. The van der Waals surface area contributed by atoms with Crippen LogP contribution >= 0.6 is 0 Å². The van der Waals surface area contributed by atoms with Gasteiger partial charge in [0.2, 0.25) is 5.91 Å². The van der Waals surface area contributed by atoms with E-state index < -0.39 is 0 Å². The minimum atomic E-state index is -0.103. The molecule has 2 fully saturated rings. The summed E-state index contributed by atoms with van der Waals surface area (Å²) in [5.41, 5.74) is 4.10. The highest BCUT2D eigenvalue weighted by Gasteiger charge is 2.47. The van der Waals surface area contributed by atoms with E-state index in [4.69, 9.17) is 0 Å². The number of hydrogen-bond donors (Lipinski definition) is 2. The zero-order chi connectivity index (χ0) is 22.0. The molecule has 0 radical (unpaired) electrons. The minimum Gasteiger partial charge on any atom is -0.349 e. The molecule has 2 aliphatic rings. The summed E-state index contributed by atoms with van der Waals surface area (Å²) in [6.07, 6.45) is 0.785. The molecular weight excluding hydrogens is 386 g/mol. The molecule has 2 N–H and O–H groups in total. The molecule has 0 saturated carbocycles. The topological polar surface area (TPSA) is 61.4 Å². The molecule has 4 atom stereocenters. The molecule has 5 heteroatoms. The maximum Gasteiger partial charge on any atom is 0.217 e. The van der Waals surface area contributed by atoms with E-state index in [1.54, 1.807) is 6.92 Å². The van der Waals surface area contributed by atoms with Crippen LogP contribution in [0.4, 0.5) is 0 Å². The Morgan fingerprint density at radius 2 is 1.77 bits per heavy atom. The van der Waals surface area contributed by atoms with Gasteiger partial charge in [-0.2, -0.15) is 0 Å². The van der Waals surface area contributed by atoms with Gasteiger partial charge in [0.1, 0.15) is 0 Å². The molecule has 164 valence electrons. The summed E-state index contributed by atoms with van der Waals surface area (Å²) < 4.78 is 0. The third-order valence-electron chi connectivity index (χ3n) is 6.94. The monoisotopic (exact) mass is 419 g/mol. The van der Waals surface area contributed by atoms with Crippen molar-refractivity contribution in [2.75, 3.05) is 26.2 Å². The van der Waals surface area contributed by atoms with Crippen LogP contribution in [0.1, 0.15) is 46.4 Å². The molecule has 2 aliphatic heterocycles. The van der Waals surface area contributed by atoms with Crippen LogP contribution < -0.4 is 10.6 Å². The van der Waals surface area contributed by atoms with Gasteiger partial charge in [0.25, 0.3) is 0 Å². The van der Waals surface area contributed by atoms with Gasteiger partial charge in [-0.1, -0.05) is 48.5 Å². The smallest absolute Gasteiger partial charge is 0.217 e. The predicted octanol–water partition coefficient (Wildman–Crippen LogP) is 3.27. The number of nitrogens with one attached hydrogen (secondary N) is 2. The number of nitrogens with zero attached hydrogens (tertiary/aromatic N) is 1. The number of aryl methyl sites for hydroxylation is 2. The molecule has 5 nitrogen and oxygen atoms in total. The number of carbonyl (C=O) groups is 2. The fourth-order valence-electron chi connectivity index (χ4n) is 5.50. The third-order valence-corrected chi connectivity index (χ3v) is 6.94. The second kappa shape index (κ2) is 9.33. The van der Waals surface area contributed by atoms with Gasteiger partial charge in [-0.3, -0.25) is 14.5 Å². The second-order valence-corrected chi connectivity index (χ2v) is 9.11. The van der Waals surface area contributed by atoms with Crippen molar-refractivity contribution in [2.45, 2.75) is 39.3 Å². The molecule has 2 unspecified atom stereocenters. The first kappa shape index (κ1) is 21.7. The Morgan fingerprint density at radius 3 is 2.45 bits per heavy atom. The molecule has 2 heterocycles. The molecule has 2 aromatic carbocycles. The number of hydrogen-bond acceptors (Lipinski definition) is 4. The maximum atomic E-state index is 13.8. The van der Waals surface area contributed by atoms with Gasteiger partial charge >= 0.3 is 0 Å². The summed E-state index contributed by atoms with van der Waals surface area (Å²) in [5, 5.41) is 6.59. The predicted molar refractivity (Wildman–Crippen MR) is 123 cm³/mol. The molecule has 0 aromatic heterocycles. The molecular formula is C26H33N3O2. The van der Waals surface area contributed by atoms with E-state index >= 15 is 0 Å². The van der Waals surface area contributed by atoms with E-state index in [1.165, 1.54) is 0 Å². The van der Waals surface area contributed by atoms with Crippen LogP contribution in [0.15, 0.2) is 48.5 Å². The lowest BCUT2D eigenvalue weighted by Gasteiger charge is -2.29. The van der Waals surface area contributed by atoms with Gasteiger partial charge in [-0.15, -0.1) is 0 Å². The first-order chi connectivity index (χ1) is 15.0. The van der Waals surface area contributed by atoms with Gasteiger partial charge < -0.3 is 10.6 Å². The molecule has 4 rings (SSSR count). The van der Waals surface area contributed by atoms with Crippen molar-refractivity contribution in [3.63, 3.8) is 0 Å². The highest BCUT2D eigenvalue weighted by molar-refractivity contribution is 6.03. The van der Waals surface area contributed by atoms with Crippen molar-refractivity contribution in [1.29, 1.82) is 0 Å². The normalized spacial score (nSPS) is 24.0.